The zero-order chi connectivity index (χ0) is 18.4. The van der Waals surface area contributed by atoms with Crippen LogP contribution in [-0.2, 0) is 11.3 Å². The van der Waals surface area contributed by atoms with Crippen molar-refractivity contribution in [3.63, 3.8) is 0 Å². The Kier molecular flexibility index (Phi) is 6.29. The van der Waals surface area contributed by atoms with E-state index in [1.807, 2.05) is 60.7 Å². The van der Waals surface area contributed by atoms with Crippen molar-refractivity contribution in [3.8, 4) is 0 Å². The fourth-order valence-electron chi connectivity index (χ4n) is 2.66. The van der Waals surface area contributed by atoms with Crippen LogP contribution in [0.15, 0.2) is 78.9 Å². The molecule has 5 heteroatoms. The molecule has 0 spiro atoms. The normalized spacial score (nSPS) is 11.8. The summed E-state index contributed by atoms with van der Waals surface area (Å²) < 4.78 is 0. The van der Waals surface area contributed by atoms with Gasteiger partial charge in [0.05, 0.1) is 0 Å². The third-order valence-electron chi connectivity index (χ3n) is 3.88. The van der Waals surface area contributed by atoms with Gasteiger partial charge in [0.25, 0.3) is 0 Å². The summed E-state index contributed by atoms with van der Waals surface area (Å²) in [6.45, 7) is 0.574. The molecule has 0 aliphatic heterocycles. The largest absolute Gasteiger partial charge is 0.324 e. The number of hydrogen-bond acceptors (Lipinski definition) is 2. The number of amides is 1. The second-order valence-electron chi connectivity index (χ2n) is 5.86. The molecule has 0 unspecified atom stereocenters. The summed E-state index contributed by atoms with van der Waals surface area (Å²) in [6, 6.07) is 24.0. The summed E-state index contributed by atoms with van der Waals surface area (Å²) in [5.41, 5.74) is 2.55. The Bertz CT molecular complexity index is 849. The van der Waals surface area contributed by atoms with E-state index in [1.54, 1.807) is 18.2 Å². The summed E-state index contributed by atoms with van der Waals surface area (Å²) in [4.78, 5) is 12.9. The lowest BCUT2D eigenvalue weighted by molar-refractivity contribution is -0.118. The van der Waals surface area contributed by atoms with Gasteiger partial charge in [-0.25, -0.2) is 0 Å². The van der Waals surface area contributed by atoms with Crippen LogP contribution in [-0.4, -0.2) is 5.91 Å². The minimum atomic E-state index is -0.505. The molecule has 0 heterocycles. The maximum absolute atomic E-state index is 12.9. The summed E-state index contributed by atoms with van der Waals surface area (Å²) in [5.74, 6) is -0.175. The first-order valence-corrected chi connectivity index (χ1v) is 8.96. The summed E-state index contributed by atoms with van der Waals surface area (Å²) in [6.07, 6.45) is 0. The van der Waals surface area contributed by atoms with Crippen molar-refractivity contribution < 1.29 is 4.79 Å². The van der Waals surface area contributed by atoms with Crippen molar-refractivity contribution in [2.24, 2.45) is 0 Å². The Morgan fingerprint density at radius 1 is 0.846 bits per heavy atom. The van der Waals surface area contributed by atoms with Gasteiger partial charge < -0.3 is 5.32 Å². The van der Waals surface area contributed by atoms with Gasteiger partial charge in [0, 0.05) is 22.3 Å². The lowest BCUT2D eigenvalue weighted by atomic mass is 10.1. The SMILES string of the molecule is O=C(Nc1cc(Cl)cc(Cl)c1)[C@@H](NCc1ccccc1)c1ccccc1. The van der Waals surface area contributed by atoms with Crippen LogP contribution in [0.4, 0.5) is 5.69 Å². The van der Waals surface area contributed by atoms with Crippen molar-refractivity contribution >= 4 is 34.8 Å². The molecule has 1 atom stereocenters. The topological polar surface area (TPSA) is 41.1 Å². The number of anilines is 1. The van der Waals surface area contributed by atoms with Crippen LogP contribution in [0, 0.1) is 0 Å². The van der Waals surface area contributed by atoms with Gasteiger partial charge in [0.15, 0.2) is 0 Å². The Hall–Kier alpha value is -2.33. The van der Waals surface area contributed by atoms with E-state index in [0.717, 1.165) is 11.1 Å². The fourth-order valence-corrected chi connectivity index (χ4v) is 3.19. The molecule has 3 rings (SSSR count). The van der Waals surface area contributed by atoms with Crippen LogP contribution < -0.4 is 10.6 Å². The average molecular weight is 385 g/mol. The van der Waals surface area contributed by atoms with E-state index in [-0.39, 0.29) is 5.91 Å². The Morgan fingerprint density at radius 2 is 1.42 bits per heavy atom. The third kappa shape index (κ3) is 5.09. The molecule has 0 saturated heterocycles. The lowest BCUT2D eigenvalue weighted by Gasteiger charge is -2.19. The minimum Gasteiger partial charge on any atom is -0.324 e. The van der Waals surface area contributed by atoms with Gasteiger partial charge >= 0.3 is 0 Å². The van der Waals surface area contributed by atoms with Crippen molar-refractivity contribution in [2.75, 3.05) is 5.32 Å². The van der Waals surface area contributed by atoms with Crippen molar-refractivity contribution in [2.45, 2.75) is 12.6 Å². The van der Waals surface area contributed by atoms with E-state index in [9.17, 15) is 4.79 Å². The second kappa shape index (κ2) is 8.86. The maximum atomic E-state index is 12.9. The van der Waals surface area contributed by atoms with Crippen LogP contribution >= 0.6 is 23.2 Å². The quantitative estimate of drug-likeness (QED) is 0.591. The van der Waals surface area contributed by atoms with Crippen molar-refractivity contribution in [1.82, 2.24) is 5.32 Å². The number of rotatable bonds is 6. The zero-order valence-electron chi connectivity index (χ0n) is 14.0. The van der Waals surface area contributed by atoms with Gasteiger partial charge in [0.1, 0.15) is 6.04 Å². The standard InChI is InChI=1S/C21H18Cl2N2O/c22-17-11-18(23)13-19(12-17)25-21(26)20(16-9-5-2-6-10-16)24-14-15-7-3-1-4-8-15/h1-13,20,24H,14H2,(H,25,26)/t20-/m0/s1. The molecule has 132 valence electrons. The summed E-state index contributed by atoms with van der Waals surface area (Å²) >= 11 is 12.0. The summed E-state index contributed by atoms with van der Waals surface area (Å²) in [5, 5.41) is 7.16. The smallest absolute Gasteiger partial charge is 0.246 e. The molecule has 3 aromatic rings. The molecule has 1 amide bonds. The van der Waals surface area contributed by atoms with E-state index >= 15 is 0 Å². The van der Waals surface area contributed by atoms with Crippen LogP contribution in [0.3, 0.4) is 0 Å². The minimum absolute atomic E-state index is 0.175. The molecule has 0 saturated carbocycles. The molecule has 0 bridgehead atoms. The molecule has 0 aromatic heterocycles. The molecule has 3 aromatic carbocycles. The number of carbonyl (C=O) groups is 1. The van der Waals surface area contributed by atoms with Gasteiger partial charge in [-0.1, -0.05) is 83.9 Å². The molecule has 0 aliphatic carbocycles. The molecule has 0 aliphatic rings. The van der Waals surface area contributed by atoms with Crippen LogP contribution in [0.25, 0.3) is 0 Å². The third-order valence-corrected chi connectivity index (χ3v) is 4.31. The second-order valence-corrected chi connectivity index (χ2v) is 6.73. The van der Waals surface area contributed by atoms with Crippen LogP contribution in [0.1, 0.15) is 17.2 Å². The Morgan fingerprint density at radius 3 is 2.04 bits per heavy atom. The number of hydrogen-bond donors (Lipinski definition) is 2. The molecule has 3 nitrogen and oxygen atoms in total. The summed E-state index contributed by atoms with van der Waals surface area (Å²) in [7, 11) is 0. The highest BCUT2D eigenvalue weighted by Crippen LogP contribution is 2.24. The van der Waals surface area contributed by atoms with E-state index in [1.165, 1.54) is 0 Å². The van der Waals surface area contributed by atoms with E-state index in [2.05, 4.69) is 10.6 Å². The highest BCUT2D eigenvalue weighted by atomic mass is 35.5. The van der Waals surface area contributed by atoms with Crippen molar-refractivity contribution in [1.29, 1.82) is 0 Å². The molecule has 0 fully saturated rings. The Balaban J connectivity index is 1.79. The van der Waals surface area contributed by atoms with Gasteiger partial charge in [-0.15, -0.1) is 0 Å². The zero-order valence-corrected chi connectivity index (χ0v) is 15.5. The molecule has 26 heavy (non-hydrogen) atoms. The average Bonchev–Trinajstić information content (AvgIpc) is 2.63. The number of halogens is 2. The highest BCUT2D eigenvalue weighted by molar-refractivity contribution is 6.35. The first-order valence-electron chi connectivity index (χ1n) is 8.21. The van der Waals surface area contributed by atoms with E-state index in [4.69, 9.17) is 23.2 Å². The highest BCUT2D eigenvalue weighted by Gasteiger charge is 2.20. The van der Waals surface area contributed by atoms with Gasteiger partial charge in [-0.3, -0.25) is 10.1 Å². The Labute approximate surface area is 163 Å². The number of nitrogens with one attached hydrogen (secondary N) is 2. The van der Waals surface area contributed by atoms with E-state index < -0.39 is 6.04 Å². The van der Waals surface area contributed by atoms with E-state index in [0.29, 0.717) is 22.3 Å². The fraction of sp³-hybridized carbons (Fsp3) is 0.0952. The predicted molar refractivity (Wildman–Crippen MR) is 108 cm³/mol. The molecular weight excluding hydrogens is 367 g/mol. The van der Waals surface area contributed by atoms with Gasteiger partial charge in [-0.2, -0.15) is 0 Å². The predicted octanol–water partition coefficient (Wildman–Crippen LogP) is 5.46. The van der Waals surface area contributed by atoms with Crippen LogP contribution in [0.5, 0.6) is 0 Å². The lowest BCUT2D eigenvalue weighted by Crippen LogP contribution is -2.32. The molecule has 2 N–H and O–H groups in total. The molecule has 0 radical (unpaired) electrons. The molecular formula is C21H18Cl2N2O. The number of benzene rings is 3. The van der Waals surface area contributed by atoms with Crippen molar-refractivity contribution in [3.05, 3.63) is 100 Å². The van der Waals surface area contributed by atoms with Gasteiger partial charge in [0.2, 0.25) is 5.91 Å². The monoisotopic (exact) mass is 384 g/mol. The number of carbonyl (C=O) groups excluding carboxylic acids is 1. The van der Waals surface area contributed by atoms with Gasteiger partial charge in [-0.05, 0) is 29.3 Å². The van der Waals surface area contributed by atoms with Crippen LogP contribution in [0.2, 0.25) is 10.0 Å². The first-order chi connectivity index (χ1) is 12.6. The first kappa shape index (κ1) is 18.5. The maximum Gasteiger partial charge on any atom is 0.246 e.